The van der Waals surface area contributed by atoms with Crippen LogP contribution in [0, 0.1) is 0 Å². The Bertz CT molecular complexity index is 355. The molecular formula is C17H28N2. The van der Waals surface area contributed by atoms with Crippen LogP contribution in [0.2, 0.25) is 0 Å². The summed E-state index contributed by atoms with van der Waals surface area (Å²) in [6.07, 6.45) is 7.60. The van der Waals surface area contributed by atoms with Crippen LogP contribution in [0.4, 0.5) is 0 Å². The molecule has 1 aliphatic carbocycles. The molecule has 1 aromatic rings. The number of rotatable bonds is 6. The van der Waals surface area contributed by atoms with Crippen LogP contribution < -0.4 is 5.73 Å². The summed E-state index contributed by atoms with van der Waals surface area (Å²) in [6.45, 7) is 5.52. The van der Waals surface area contributed by atoms with Crippen molar-refractivity contribution in [3.63, 3.8) is 0 Å². The molecule has 2 nitrogen and oxygen atoms in total. The molecule has 0 amide bonds. The molecule has 2 heteroatoms. The largest absolute Gasteiger partial charge is 0.325 e. The van der Waals surface area contributed by atoms with Gasteiger partial charge >= 0.3 is 0 Å². The van der Waals surface area contributed by atoms with E-state index in [9.17, 15) is 0 Å². The molecular weight excluding hydrogens is 232 g/mol. The van der Waals surface area contributed by atoms with Gasteiger partial charge in [0.05, 0.1) is 0 Å². The molecule has 1 aliphatic rings. The lowest BCUT2D eigenvalue weighted by molar-refractivity contribution is 0.208. The first-order valence-corrected chi connectivity index (χ1v) is 7.77. The van der Waals surface area contributed by atoms with E-state index in [2.05, 4.69) is 42.2 Å². The van der Waals surface area contributed by atoms with Crippen molar-refractivity contribution in [1.82, 2.24) is 4.90 Å². The first-order chi connectivity index (χ1) is 9.22. The van der Waals surface area contributed by atoms with Crippen molar-refractivity contribution in [2.24, 2.45) is 5.73 Å². The smallest absolute Gasteiger partial charge is 0.0233 e. The summed E-state index contributed by atoms with van der Waals surface area (Å²) >= 11 is 0. The second-order valence-corrected chi connectivity index (χ2v) is 6.03. The molecule has 0 aromatic heterocycles. The average Bonchev–Trinajstić information content (AvgIpc) is 2.45. The van der Waals surface area contributed by atoms with Gasteiger partial charge < -0.3 is 5.73 Å². The summed E-state index contributed by atoms with van der Waals surface area (Å²) in [4.78, 5) is 2.51. The monoisotopic (exact) mass is 260 g/mol. The van der Waals surface area contributed by atoms with Crippen molar-refractivity contribution < 1.29 is 0 Å². The first-order valence-electron chi connectivity index (χ1n) is 7.77. The molecule has 1 fully saturated rings. The average molecular weight is 260 g/mol. The van der Waals surface area contributed by atoms with Crippen LogP contribution >= 0.6 is 0 Å². The van der Waals surface area contributed by atoms with Gasteiger partial charge in [-0.15, -0.1) is 0 Å². The van der Waals surface area contributed by atoms with Gasteiger partial charge in [0.25, 0.3) is 0 Å². The number of nitrogens with two attached hydrogens (primary N) is 1. The predicted octanol–water partition coefficient (Wildman–Crippen LogP) is 3.56. The van der Waals surface area contributed by atoms with Gasteiger partial charge in [0.1, 0.15) is 0 Å². The SMILES string of the molecule is CCN(CCC1(N)CCCCC1)Cc1ccccc1. The minimum atomic E-state index is 0.113. The second kappa shape index (κ2) is 7.06. The van der Waals surface area contributed by atoms with Crippen LogP contribution in [0.25, 0.3) is 0 Å². The fourth-order valence-corrected chi connectivity index (χ4v) is 3.08. The minimum absolute atomic E-state index is 0.113. The predicted molar refractivity (Wildman–Crippen MR) is 82.0 cm³/mol. The zero-order chi connectivity index (χ0) is 13.6. The molecule has 0 bridgehead atoms. The lowest BCUT2D eigenvalue weighted by atomic mass is 9.80. The Kier molecular flexibility index (Phi) is 5.41. The molecule has 19 heavy (non-hydrogen) atoms. The highest BCUT2D eigenvalue weighted by Gasteiger charge is 2.27. The van der Waals surface area contributed by atoms with Crippen molar-refractivity contribution in [3.05, 3.63) is 35.9 Å². The third-order valence-corrected chi connectivity index (χ3v) is 4.47. The maximum atomic E-state index is 6.53. The number of hydrogen-bond acceptors (Lipinski definition) is 2. The quantitative estimate of drug-likeness (QED) is 0.847. The Morgan fingerprint density at radius 1 is 1.11 bits per heavy atom. The van der Waals surface area contributed by atoms with Gasteiger partial charge in [-0.1, -0.05) is 56.5 Å². The van der Waals surface area contributed by atoms with Crippen LogP contribution in [-0.2, 0) is 6.54 Å². The van der Waals surface area contributed by atoms with Crippen molar-refractivity contribution in [1.29, 1.82) is 0 Å². The Balaban J connectivity index is 1.82. The molecule has 0 heterocycles. The molecule has 0 saturated heterocycles. The summed E-state index contributed by atoms with van der Waals surface area (Å²) in [7, 11) is 0. The molecule has 1 aromatic carbocycles. The van der Waals surface area contributed by atoms with Crippen molar-refractivity contribution in [3.8, 4) is 0 Å². The standard InChI is InChI=1S/C17H28N2/c1-2-19(15-16-9-5-3-6-10-16)14-13-17(18)11-7-4-8-12-17/h3,5-6,9-10H,2,4,7-8,11-15,18H2,1H3. The maximum Gasteiger partial charge on any atom is 0.0233 e. The van der Waals surface area contributed by atoms with E-state index in [0.29, 0.717) is 0 Å². The molecule has 0 aliphatic heterocycles. The molecule has 0 unspecified atom stereocenters. The highest BCUT2D eigenvalue weighted by Crippen LogP contribution is 2.28. The van der Waals surface area contributed by atoms with Gasteiger partial charge in [0.15, 0.2) is 0 Å². The summed E-state index contributed by atoms with van der Waals surface area (Å²) in [5, 5.41) is 0. The van der Waals surface area contributed by atoms with Gasteiger partial charge in [0.2, 0.25) is 0 Å². The summed E-state index contributed by atoms with van der Waals surface area (Å²) in [5.74, 6) is 0. The Morgan fingerprint density at radius 3 is 2.42 bits per heavy atom. The van der Waals surface area contributed by atoms with Gasteiger partial charge in [-0.3, -0.25) is 4.90 Å². The van der Waals surface area contributed by atoms with Crippen molar-refractivity contribution in [2.75, 3.05) is 13.1 Å². The van der Waals surface area contributed by atoms with Gasteiger partial charge in [-0.25, -0.2) is 0 Å². The summed E-state index contributed by atoms with van der Waals surface area (Å²) in [5.41, 5.74) is 8.04. The molecule has 0 spiro atoms. The lowest BCUT2D eigenvalue weighted by Crippen LogP contribution is -2.44. The topological polar surface area (TPSA) is 29.3 Å². The van der Waals surface area contributed by atoms with Gasteiger partial charge in [-0.05, 0) is 31.4 Å². The first kappa shape index (κ1) is 14.5. The van der Waals surface area contributed by atoms with E-state index >= 15 is 0 Å². The molecule has 0 radical (unpaired) electrons. The van der Waals surface area contributed by atoms with Crippen molar-refractivity contribution >= 4 is 0 Å². The zero-order valence-corrected chi connectivity index (χ0v) is 12.3. The fraction of sp³-hybridized carbons (Fsp3) is 0.647. The molecule has 2 rings (SSSR count). The Morgan fingerprint density at radius 2 is 1.79 bits per heavy atom. The third kappa shape index (κ3) is 4.63. The van der Waals surface area contributed by atoms with E-state index in [4.69, 9.17) is 5.73 Å². The van der Waals surface area contributed by atoms with E-state index in [1.54, 1.807) is 0 Å². The number of benzene rings is 1. The van der Waals surface area contributed by atoms with Crippen LogP contribution in [0.1, 0.15) is 51.0 Å². The Labute approximate surface area is 118 Å². The number of hydrogen-bond donors (Lipinski definition) is 1. The fourth-order valence-electron chi connectivity index (χ4n) is 3.08. The van der Waals surface area contributed by atoms with Crippen molar-refractivity contribution in [2.45, 2.75) is 57.5 Å². The van der Waals surface area contributed by atoms with Gasteiger partial charge in [0, 0.05) is 18.6 Å². The van der Waals surface area contributed by atoms with Crippen LogP contribution in [0.3, 0.4) is 0 Å². The maximum absolute atomic E-state index is 6.53. The molecule has 0 atom stereocenters. The third-order valence-electron chi connectivity index (χ3n) is 4.47. The summed E-state index contributed by atoms with van der Waals surface area (Å²) in [6, 6.07) is 10.7. The van der Waals surface area contributed by atoms with E-state index in [1.807, 2.05) is 0 Å². The van der Waals surface area contributed by atoms with Crippen LogP contribution in [0.15, 0.2) is 30.3 Å². The summed E-state index contributed by atoms with van der Waals surface area (Å²) < 4.78 is 0. The van der Waals surface area contributed by atoms with E-state index in [-0.39, 0.29) is 5.54 Å². The normalized spacial score (nSPS) is 18.7. The van der Waals surface area contributed by atoms with Gasteiger partial charge in [-0.2, -0.15) is 0 Å². The lowest BCUT2D eigenvalue weighted by Gasteiger charge is -2.35. The number of nitrogens with zero attached hydrogens (tertiary/aromatic N) is 1. The Hall–Kier alpha value is -0.860. The van der Waals surface area contributed by atoms with E-state index in [1.165, 1.54) is 37.7 Å². The highest BCUT2D eigenvalue weighted by molar-refractivity contribution is 5.14. The van der Waals surface area contributed by atoms with Crippen LogP contribution in [0.5, 0.6) is 0 Å². The van der Waals surface area contributed by atoms with E-state index < -0.39 is 0 Å². The minimum Gasteiger partial charge on any atom is -0.325 e. The van der Waals surface area contributed by atoms with Crippen LogP contribution in [-0.4, -0.2) is 23.5 Å². The second-order valence-electron chi connectivity index (χ2n) is 6.03. The highest BCUT2D eigenvalue weighted by atomic mass is 15.1. The molecule has 1 saturated carbocycles. The van der Waals surface area contributed by atoms with E-state index in [0.717, 1.165) is 26.1 Å². The zero-order valence-electron chi connectivity index (χ0n) is 12.3. The molecule has 2 N–H and O–H groups in total. The molecule has 106 valence electrons.